The Hall–Kier alpha value is -1.29. The number of carbonyl (C=O) groups is 1. The van der Waals surface area contributed by atoms with E-state index in [0.29, 0.717) is 37.4 Å². The highest BCUT2D eigenvalue weighted by atomic mass is 127. The van der Waals surface area contributed by atoms with Gasteiger partial charge in [0, 0.05) is 25.3 Å². The van der Waals surface area contributed by atoms with Crippen LogP contribution in [0.5, 0.6) is 0 Å². The van der Waals surface area contributed by atoms with Crippen molar-refractivity contribution < 1.29 is 9.53 Å². The second-order valence-electron chi connectivity index (χ2n) is 5.30. The van der Waals surface area contributed by atoms with E-state index in [9.17, 15) is 4.79 Å². The summed E-state index contributed by atoms with van der Waals surface area (Å²) >= 11 is 5.74. The van der Waals surface area contributed by atoms with Crippen LogP contribution in [0.1, 0.15) is 25.3 Å². The first-order valence-electron chi connectivity index (χ1n) is 7.67. The number of piperidine rings is 1. The van der Waals surface area contributed by atoms with Crippen LogP contribution in [0.2, 0.25) is 5.15 Å². The summed E-state index contributed by atoms with van der Waals surface area (Å²) in [5.41, 5.74) is 6.85. The monoisotopic (exact) mass is 467 g/mol. The lowest BCUT2D eigenvalue weighted by Crippen LogP contribution is -2.48. The number of guanidine groups is 1. The number of nitrogens with one attached hydrogen (secondary N) is 1. The fraction of sp³-hybridized carbons (Fsp3) is 0.533. The summed E-state index contributed by atoms with van der Waals surface area (Å²) in [4.78, 5) is 21.6. The van der Waals surface area contributed by atoms with Gasteiger partial charge in [-0.3, -0.25) is 0 Å². The Morgan fingerprint density at radius 1 is 1.50 bits per heavy atom. The average Bonchev–Trinajstić information content (AvgIpc) is 2.55. The molecule has 9 heteroatoms. The maximum atomic E-state index is 11.6. The Kier molecular flexibility index (Phi) is 9.12. The highest BCUT2D eigenvalue weighted by Gasteiger charge is 2.23. The van der Waals surface area contributed by atoms with Crippen LogP contribution in [0.4, 0.5) is 4.79 Å². The summed E-state index contributed by atoms with van der Waals surface area (Å²) in [6.45, 7) is 3.97. The predicted molar refractivity (Wildman–Crippen MR) is 105 cm³/mol. The molecule has 1 aliphatic heterocycles. The summed E-state index contributed by atoms with van der Waals surface area (Å²) in [6, 6.07) is 3.80. The number of hydrogen-bond donors (Lipinski definition) is 2. The summed E-state index contributed by atoms with van der Waals surface area (Å²) in [5.74, 6) is 0.398. The Labute approximate surface area is 164 Å². The summed E-state index contributed by atoms with van der Waals surface area (Å²) in [6.07, 6.45) is 3.06. The molecule has 0 radical (unpaired) electrons. The van der Waals surface area contributed by atoms with Crippen LogP contribution >= 0.6 is 35.6 Å². The van der Waals surface area contributed by atoms with Crippen LogP contribution in [0.3, 0.4) is 0 Å². The minimum absolute atomic E-state index is 0. The van der Waals surface area contributed by atoms with E-state index in [2.05, 4.69) is 15.3 Å². The first-order valence-corrected chi connectivity index (χ1v) is 8.05. The number of aliphatic imine (C=N–C) groups is 1. The van der Waals surface area contributed by atoms with Gasteiger partial charge < -0.3 is 20.7 Å². The fourth-order valence-electron chi connectivity index (χ4n) is 2.35. The first kappa shape index (κ1) is 20.8. The molecule has 0 unspecified atom stereocenters. The largest absolute Gasteiger partial charge is 0.450 e. The third-order valence-corrected chi connectivity index (χ3v) is 3.82. The van der Waals surface area contributed by atoms with Crippen molar-refractivity contribution >= 4 is 47.6 Å². The van der Waals surface area contributed by atoms with Crippen LogP contribution in [0, 0.1) is 0 Å². The number of amides is 1. The van der Waals surface area contributed by atoms with Gasteiger partial charge in [-0.15, -0.1) is 24.0 Å². The molecule has 7 nitrogen and oxygen atoms in total. The van der Waals surface area contributed by atoms with Crippen LogP contribution < -0.4 is 11.1 Å². The average molecular weight is 468 g/mol. The van der Waals surface area contributed by atoms with E-state index in [1.54, 1.807) is 24.1 Å². The molecule has 0 aliphatic carbocycles. The van der Waals surface area contributed by atoms with Gasteiger partial charge in [0.1, 0.15) is 5.15 Å². The smallest absolute Gasteiger partial charge is 0.409 e. The quantitative estimate of drug-likeness (QED) is 0.307. The molecule has 134 valence electrons. The van der Waals surface area contributed by atoms with Crippen LogP contribution in [-0.2, 0) is 11.3 Å². The Bertz CT molecular complexity index is 547. The van der Waals surface area contributed by atoms with Gasteiger partial charge in [0.25, 0.3) is 0 Å². The van der Waals surface area contributed by atoms with Gasteiger partial charge in [0.2, 0.25) is 0 Å². The van der Waals surface area contributed by atoms with Crippen molar-refractivity contribution in [1.29, 1.82) is 0 Å². The molecule has 2 heterocycles. The Morgan fingerprint density at radius 2 is 2.21 bits per heavy atom. The minimum Gasteiger partial charge on any atom is -0.450 e. The zero-order valence-corrected chi connectivity index (χ0v) is 16.7. The molecule has 0 aromatic carbocycles. The third kappa shape index (κ3) is 6.68. The van der Waals surface area contributed by atoms with Gasteiger partial charge in [-0.1, -0.05) is 17.7 Å². The van der Waals surface area contributed by atoms with Gasteiger partial charge >= 0.3 is 6.09 Å². The first-order chi connectivity index (χ1) is 11.1. The van der Waals surface area contributed by atoms with Gasteiger partial charge in [0.15, 0.2) is 5.96 Å². The van der Waals surface area contributed by atoms with Crippen molar-refractivity contribution in [3.05, 3.63) is 29.0 Å². The number of pyridine rings is 1. The molecule has 1 amide bonds. The topological polar surface area (TPSA) is 92.8 Å². The summed E-state index contributed by atoms with van der Waals surface area (Å²) in [5, 5.41) is 3.65. The Morgan fingerprint density at radius 3 is 2.79 bits per heavy atom. The van der Waals surface area contributed by atoms with E-state index in [4.69, 9.17) is 22.1 Å². The van der Waals surface area contributed by atoms with E-state index >= 15 is 0 Å². The minimum atomic E-state index is -0.247. The van der Waals surface area contributed by atoms with Gasteiger partial charge in [-0.05, 0) is 31.4 Å². The van der Waals surface area contributed by atoms with Crippen molar-refractivity contribution in [2.75, 3.05) is 19.7 Å². The molecule has 0 atom stereocenters. The second-order valence-corrected chi connectivity index (χ2v) is 5.68. The molecule has 0 spiro atoms. The molecule has 1 aromatic rings. The van der Waals surface area contributed by atoms with Crippen molar-refractivity contribution in [2.24, 2.45) is 10.7 Å². The molecule has 3 N–H and O–H groups in total. The van der Waals surface area contributed by atoms with Crippen molar-refractivity contribution in [1.82, 2.24) is 15.2 Å². The third-order valence-electron chi connectivity index (χ3n) is 3.59. The van der Waals surface area contributed by atoms with Crippen molar-refractivity contribution in [3.63, 3.8) is 0 Å². The van der Waals surface area contributed by atoms with Crippen molar-refractivity contribution in [2.45, 2.75) is 32.4 Å². The molecular weight excluding hydrogens is 445 g/mol. The van der Waals surface area contributed by atoms with Crippen LogP contribution in [-0.4, -0.2) is 47.7 Å². The molecule has 24 heavy (non-hydrogen) atoms. The van der Waals surface area contributed by atoms with Crippen LogP contribution in [0.25, 0.3) is 0 Å². The van der Waals surface area contributed by atoms with E-state index in [1.165, 1.54) is 0 Å². The fourth-order valence-corrected chi connectivity index (χ4v) is 2.46. The second kappa shape index (κ2) is 10.5. The summed E-state index contributed by atoms with van der Waals surface area (Å²) < 4.78 is 5.00. The maximum absolute atomic E-state index is 11.6. The molecule has 2 rings (SSSR count). The number of likely N-dealkylation sites (tertiary alicyclic amines) is 1. The lowest BCUT2D eigenvalue weighted by molar-refractivity contribution is 0.0963. The van der Waals surface area contributed by atoms with Crippen molar-refractivity contribution in [3.8, 4) is 0 Å². The number of carbonyl (C=O) groups excluding carboxylic acids is 1. The van der Waals surface area contributed by atoms with Gasteiger partial charge in [0.05, 0.1) is 13.2 Å². The number of ether oxygens (including phenoxy) is 1. The SMILES string of the molecule is CCOC(=O)N1CCC(NC(N)=NCc2ccc(Cl)nc2)CC1.I. The van der Waals surface area contributed by atoms with E-state index in [0.717, 1.165) is 18.4 Å². The standard InChI is InChI=1S/C15H22ClN5O2.HI/c1-2-23-15(22)21-7-5-12(6-8-21)20-14(17)19-10-11-3-4-13(16)18-9-11;/h3-4,9,12H,2,5-8,10H2,1H3,(H3,17,19,20);1H. The molecular formula is C15H23ClIN5O2. The van der Waals surface area contributed by atoms with Gasteiger partial charge in [-0.25, -0.2) is 14.8 Å². The number of hydrogen-bond acceptors (Lipinski definition) is 4. The van der Waals surface area contributed by atoms with E-state index < -0.39 is 0 Å². The number of halogens is 2. The Balaban J connectivity index is 0.00000288. The number of aromatic nitrogens is 1. The molecule has 1 fully saturated rings. The van der Waals surface area contributed by atoms with Crippen LogP contribution in [0.15, 0.2) is 23.3 Å². The van der Waals surface area contributed by atoms with E-state index in [1.807, 2.05) is 6.07 Å². The molecule has 1 aliphatic rings. The zero-order chi connectivity index (χ0) is 16.7. The molecule has 1 aromatic heterocycles. The highest BCUT2D eigenvalue weighted by molar-refractivity contribution is 14.0. The highest BCUT2D eigenvalue weighted by Crippen LogP contribution is 2.11. The molecule has 1 saturated heterocycles. The number of nitrogens with zero attached hydrogens (tertiary/aromatic N) is 3. The predicted octanol–water partition coefficient (Wildman–Crippen LogP) is 2.38. The molecule has 0 bridgehead atoms. The molecule has 0 saturated carbocycles. The lowest BCUT2D eigenvalue weighted by atomic mass is 10.1. The number of nitrogens with two attached hydrogens (primary N) is 1. The summed E-state index contributed by atoms with van der Waals surface area (Å²) in [7, 11) is 0. The zero-order valence-electron chi connectivity index (χ0n) is 13.6. The maximum Gasteiger partial charge on any atom is 0.409 e. The lowest BCUT2D eigenvalue weighted by Gasteiger charge is -2.31. The number of rotatable bonds is 4. The van der Waals surface area contributed by atoms with E-state index in [-0.39, 0.29) is 36.1 Å². The normalized spacial score (nSPS) is 15.6. The van der Waals surface area contributed by atoms with Gasteiger partial charge in [-0.2, -0.15) is 0 Å².